The van der Waals surface area contributed by atoms with Gasteiger partial charge in [-0.05, 0) is 35.6 Å². The summed E-state index contributed by atoms with van der Waals surface area (Å²) in [5.74, 6) is 1.53. The number of carbonyl (C=O) groups is 1. The van der Waals surface area contributed by atoms with Crippen molar-refractivity contribution in [2.75, 3.05) is 18.4 Å². The summed E-state index contributed by atoms with van der Waals surface area (Å²) in [7, 11) is 0. The number of carbonyl (C=O) groups excluding carboxylic acids is 1. The van der Waals surface area contributed by atoms with Crippen molar-refractivity contribution >= 4 is 23.4 Å². The van der Waals surface area contributed by atoms with E-state index in [9.17, 15) is 4.79 Å². The summed E-state index contributed by atoms with van der Waals surface area (Å²) in [5.41, 5.74) is 3.05. The molecule has 0 spiro atoms. The average Bonchev–Trinajstić information content (AvgIpc) is 2.99. The lowest BCUT2D eigenvalue weighted by atomic mass is 9.84. The minimum Gasteiger partial charge on any atom is -0.454 e. The van der Waals surface area contributed by atoms with E-state index in [1.165, 1.54) is 4.90 Å². The van der Waals surface area contributed by atoms with E-state index in [4.69, 9.17) is 9.47 Å². The molecule has 2 heterocycles. The molecule has 2 aromatic rings. The molecule has 1 N–H and O–H groups in total. The molecule has 1 amide bonds. The fourth-order valence-corrected chi connectivity index (χ4v) is 3.39. The van der Waals surface area contributed by atoms with Crippen molar-refractivity contribution in [3.8, 4) is 11.5 Å². The van der Waals surface area contributed by atoms with Crippen molar-refractivity contribution in [1.29, 1.82) is 0 Å². The van der Waals surface area contributed by atoms with Gasteiger partial charge in [0.2, 0.25) is 12.7 Å². The standard InChI is InChI=1S/C17H15NO3S/c1-22-11-4-2-10(3-5-11)12-7-17(19)18-14-8-16-15(6-13(12)14)20-9-21-16/h2-6,8,12H,7,9H2,1H3,(H,18,19)/t12-/m1/s1. The maximum atomic E-state index is 12.0. The van der Waals surface area contributed by atoms with Crippen LogP contribution in [0, 0.1) is 0 Å². The first-order valence-corrected chi connectivity index (χ1v) is 8.34. The van der Waals surface area contributed by atoms with Crippen LogP contribution in [-0.4, -0.2) is 19.0 Å². The molecule has 4 nitrogen and oxygen atoms in total. The Bertz CT molecular complexity index is 742. The molecule has 4 rings (SSSR count). The molecule has 0 aromatic heterocycles. The first-order valence-electron chi connectivity index (χ1n) is 7.12. The Morgan fingerprint density at radius 1 is 1.14 bits per heavy atom. The molecule has 1 atom stereocenters. The lowest BCUT2D eigenvalue weighted by molar-refractivity contribution is -0.116. The maximum Gasteiger partial charge on any atom is 0.231 e. The number of nitrogens with one attached hydrogen (secondary N) is 1. The van der Waals surface area contributed by atoms with Crippen LogP contribution in [0.3, 0.4) is 0 Å². The number of thioether (sulfide) groups is 1. The van der Waals surface area contributed by atoms with Gasteiger partial charge in [0, 0.05) is 29.0 Å². The largest absolute Gasteiger partial charge is 0.454 e. The summed E-state index contributed by atoms with van der Waals surface area (Å²) in [6, 6.07) is 12.2. The monoisotopic (exact) mass is 313 g/mol. The highest BCUT2D eigenvalue weighted by molar-refractivity contribution is 7.98. The smallest absolute Gasteiger partial charge is 0.231 e. The van der Waals surface area contributed by atoms with E-state index in [1.54, 1.807) is 11.8 Å². The minimum atomic E-state index is 0.0327. The quantitative estimate of drug-likeness (QED) is 0.860. The molecule has 0 fully saturated rings. The molecule has 2 aliphatic heterocycles. The van der Waals surface area contributed by atoms with Crippen LogP contribution in [0.1, 0.15) is 23.5 Å². The molecule has 0 unspecified atom stereocenters. The lowest BCUT2D eigenvalue weighted by Gasteiger charge is -2.26. The fraction of sp³-hybridized carbons (Fsp3) is 0.235. The van der Waals surface area contributed by atoms with Crippen molar-refractivity contribution in [3.63, 3.8) is 0 Å². The van der Waals surface area contributed by atoms with Gasteiger partial charge in [0.1, 0.15) is 0 Å². The van der Waals surface area contributed by atoms with Crippen LogP contribution in [0.15, 0.2) is 41.3 Å². The van der Waals surface area contributed by atoms with Crippen LogP contribution in [-0.2, 0) is 4.79 Å². The number of rotatable bonds is 2. The highest BCUT2D eigenvalue weighted by Crippen LogP contribution is 2.44. The third kappa shape index (κ3) is 2.22. The Kier molecular flexibility index (Phi) is 3.22. The molecule has 22 heavy (non-hydrogen) atoms. The van der Waals surface area contributed by atoms with E-state index >= 15 is 0 Å². The Balaban J connectivity index is 1.79. The molecule has 0 bridgehead atoms. The summed E-state index contributed by atoms with van der Waals surface area (Å²) in [6.45, 7) is 0.235. The number of ether oxygens (including phenoxy) is 2. The van der Waals surface area contributed by atoms with Crippen LogP contribution in [0.2, 0.25) is 0 Å². The SMILES string of the molecule is CSc1ccc([C@H]2CC(=O)Nc3cc4c(cc32)OCO4)cc1. The van der Waals surface area contributed by atoms with E-state index in [0.717, 1.165) is 22.6 Å². The molecule has 5 heteroatoms. The third-order valence-electron chi connectivity index (χ3n) is 4.10. The minimum absolute atomic E-state index is 0.0327. The first-order chi connectivity index (χ1) is 10.7. The normalized spacial score (nSPS) is 18.8. The summed E-state index contributed by atoms with van der Waals surface area (Å²) >= 11 is 1.71. The van der Waals surface area contributed by atoms with Gasteiger partial charge in [-0.15, -0.1) is 11.8 Å². The molecule has 0 saturated carbocycles. The number of benzene rings is 2. The van der Waals surface area contributed by atoms with E-state index in [0.29, 0.717) is 12.2 Å². The summed E-state index contributed by atoms with van der Waals surface area (Å²) in [5, 5.41) is 2.93. The average molecular weight is 313 g/mol. The predicted octanol–water partition coefficient (Wildman–Crippen LogP) is 3.61. The van der Waals surface area contributed by atoms with Gasteiger partial charge < -0.3 is 14.8 Å². The van der Waals surface area contributed by atoms with Gasteiger partial charge in [0.05, 0.1) is 0 Å². The van der Waals surface area contributed by atoms with Gasteiger partial charge in [0.25, 0.3) is 0 Å². The van der Waals surface area contributed by atoms with Crippen molar-refractivity contribution in [1.82, 2.24) is 0 Å². The van der Waals surface area contributed by atoms with E-state index in [2.05, 4.69) is 35.8 Å². The molecular weight excluding hydrogens is 298 g/mol. The van der Waals surface area contributed by atoms with Gasteiger partial charge in [-0.3, -0.25) is 4.79 Å². The Morgan fingerprint density at radius 3 is 2.59 bits per heavy atom. The molecular formula is C17H15NO3S. The van der Waals surface area contributed by atoms with Crippen LogP contribution >= 0.6 is 11.8 Å². The zero-order valence-electron chi connectivity index (χ0n) is 12.1. The predicted molar refractivity (Wildman–Crippen MR) is 85.9 cm³/mol. The van der Waals surface area contributed by atoms with E-state index in [1.807, 2.05) is 12.1 Å². The van der Waals surface area contributed by atoms with Gasteiger partial charge in [-0.2, -0.15) is 0 Å². The second kappa shape index (κ2) is 5.25. The topological polar surface area (TPSA) is 47.6 Å². The summed E-state index contributed by atoms with van der Waals surface area (Å²) in [6.07, 6.45) is 2.50. The van der Waals surface area contributed by atoms with E-state index in [-0.39, 0.29) is 18.6 Å². The van der Waals surface area contributed by atoms with Gasteiger partial charge in [-0.1, -0.05) is 12.1 Å². The Labute approximate surface area is 132 Å². The van der Waals surface area contributed by atoms with Crippen LogP contribution < -0.4 is 14.8 Å². The van der Waals surface area contributed by atoms with Crippen LogP contribution in [0.25, 0.3) is 0 Å². The number of hydrogen-bond acceptors (Lipinski definition) is 4. The van der Waals surface area contributed by atoms with Crippen molar-refractivity contribution in [3.05, 3.63) is 47.5 Å². The molecule has 2 aliphatic rings. The zero-order valence-corrected chi connectivity index (χ0v) is 12.9. The Hall–Kier alpha value is -2.14. The van der Waals surface area contributed by atoms with E-state index < -0.39 is 0 Å². The molecule has 0 aliphatic carbocycles. The molecule has 112 valence electrons. The maximum absolute atomic E-state index is 12.0. The van der Waals surface area contributed by atoms with Crippen molar-refractivity contribution in [2.24, 2.45) is 0 Å². The second-order valence-electron chi connectivity index (χ2n) is 5.37. The second-order valence-corrected chi connectivity index (χ2v) is 6.25. The van der Waals surface area contributed by atoms with Gasteiger partial charge in [-0.25, -0.2) is 0 Å². The number of hydrogen-bond donors (Lipinski definition) is 1. The molecule has 0 saturated heterocycles. The number of anilines is 1. The van der Waals surface area contributed by atoms with Crippen LogP contribution in [0.4, 0.5) is 5.69 Å². The van der Waals surface area contributed by atoms with Gasteiger partial charge >= 0.3 is 0 Å². The molecule has 2 aromatic carbocycles. The molecule has 0 radical (unpaired) electrons. The lowest BCUT2D eigenvalue weighted by Crippen LogP contribution is -2.23. The number of amides is 1. The van der Waals surface area contributed by atoms with Crippen LogP contribution in [0.5, 0.6) is 11.5 Å². The summed E-state index contributed by atoms with van der Waals surface area (Å²) < 4.78 is 10.9. The van der Waals surface area contributed by atoms with Crippen molar-refractivity contribution in [2.45, 2.75) is 17.2 Å². The Morgan fingerprint density at radius 2 is 1.86 bits per heavy atom. The highest BCUT2D eigenvalue weighted by atomic mass is 32.2. The van der Waals surface area contributed by atoms with Gasteiger partial charge in [0.15, 0.2) is 11.5 Å². The number of fused-ring (bicyclic) bond motifs is 2. The van der Waals surface area contributed by atoms with Crippen molar-refractivity contribution < 1.29 is 14.3 Å². The fourth-order valence-electron chi connectivity index (χ4n) is 2.98. The zero-order chi connectivity index (χ0) is 15.1. The third-order valence-corrected chi connectivity index (χ3v) is 4.85. The summed E-state index contributed by atoms with van der Waals surface area (Å²) in [4.78, 5) is 13.3. The highest BCUT2D eigenvalue weighted by Gasteiger charge is 2.29. The first kappa shape index (κ1) is 13.5.